The van der Waals surface area contributed by atoms with Gasteiger partial charge in [0.25, 0.3) is 0 Å². The normalized spacial score (nSPS) is 22.1. The molecule has 0 radical (unpaired) electrons. The van der Waals surface area contributed by atoms with Crippen molar-refractivity contribution in [2.75, 3.05) is 13.1 Å². The molecule has 4 nitrogen and oxygen atoms in total. The van der Waals surface area contributed by atoms with E-state index in [0.29, 0.717) is 6.54 Å². The van der Waals surface area contributed by atoms with Crippen molar-refractivity contribution in [1.82, 2.24) is 4.90 Å². The van der Waals surface area contributed by atoms with Gasteiger partial charge < -0.3 is 10.2 Å². The van der Waals surface area contributed by atoms with Gasteiger partial charge in [-0.15, -0.1) is 0 Å². The number of hydrogen-bond acceptors (Lipinski definition) is 3. The average Bonchev–Trinajstić information content (AvgIpc) is 2.42. The molecule has 1 heterocycles. The van der Waals surface area contributed by atoms with E-state index in [2.05, 4.69) is 11.8 Å². The molecule has 104 valence electrons. The van der Waals surface area contributed by atoms with E-state index in [0.717, 1.165) is 31.4 Å². The number of hydrogen-bond donors (Lipinski definition) is 2. The SMILES string of the molecule is CCC(c1ccc(O)cc1)N1CCCC(C(=O)O)C1. The van der Waals surface area contributed by atoms with Gasteiger partial charge in [-0.25, -0.2) is 0 Å². The zero-order chi connectivity index (χ0) is 13.8. The monoisotopic (exact) mass is 263 g/mol. The minimum Gasteiger partial charge on any atom is -0.508 e. The highest BCUT2D eigenvalue weighted by molar-refractivity contribution is 5.70. The average molecular weight is 263 g/mol. The van der Waals surface area contributed by atoms with E-state index in [4.69, 9.17) is 5.11 Å². The predicted molar refractivity (Wildman–Crippen MR) is 73.1 cm³/mol. The molecule has 0 aromatic heterocycles. The van der Waals surface area contributed by atoms with Crippen molar-refractivity contribution in [3.63, 3.8) is 0 Å². The number of piperidine rings is 1. The summed E-state index contributed by atoms with van der Waals surface area (Å²) in [7, 11) is 0. The Morgan fingerprint density at radius 1 is 1.42 bits per heavy atom. The summed E-state index contributed by atoms with van der Waals surface area (Å²) >= 11 is 0. The lowest BCUT2D eigenvalue weighted by Crippen LogP contribution is -2.40. The number of nitrogens with zero attached hydrogens (tertiary/aromatic N) is 1. The summed E-state index contributed by atoms with van der Waals surface area (Å²) in [6.07, 6.45) is 2.65. The van der Waals surface area contributed by atoms with E-state index < -0.39 is 5.97 Å². The van der Waals surface area contributed by atoms with Crippen LogP contribution in [0.15, 0.2) is 24.3 Å². The number of benzene rings is 1. The Morgan fingerprint density at radius 3 is 2.68 bits per heavy atom. The lowest BCUT2D eigenvalue weighted by molar-refractivity contribution is -0.144. The van der Waals surface area contributed by atoms with Gasteiger partial charge >= 0.3 is 5.97 Å². The van der Waals surface area contributed by atoms with Crippen molar-refractivity contribution in [3.8, 4) is 5.75 Å². The van der Waals surface area contributed by atoms with Crippen LogP contribution in [0, 0.1) is 5.92 Å². The van der Waals surface area contributed by atoms with Crippen molar-refractivity contribution in [2.45, 2.75) is 32.2 Å². The molecule has 4 heteroatoms. The van der Waals surface area contributed by atoms with E-state index in [-0.39, 0.29) is 17.7 Å². The van der Waals surface area contributed by atoms with Crippen LogP contribution in [0.1, 0.15) is 37.8 Å². The summed E-state index contributed by atoms with van der Waals surface area (Å²) in [5.41, 5.74) is 1.14. The number of rotatable bonds is 4. The van der Waals surface area contributed by atoms with Gasteiger partial charge in [0.2, 0.25) is 0 Å². The smallest absolute Gasteiger partial charge is 0.307 e. The molecule has 2 unspecified atom stereocenters. The second-order valence-electron chi connectivity index (χ2n) is 5.19. The zero-order valence-corrected chi connectivity index (χ0v) is 11.2. The second-order valence-corrected chi connectivity index (χ2v) is 5.19. The van der Waals surface area contributed by atoms with E-state index in [1.54, 1.807) is 12.1 Å². The Kier molecular flexibility index (Phi) is 4.43. The molecular formula is C15H21NO3. The van der Waals surface area contributed by atoms with E-state index in [1.807, 2.05) is 12.1 Å². The van der Waals surface area contributed by atoms with Crippen molar-refractivity contribution in [3.05, 3.63) is 29.8 Å². The lowest BCUT2D eigenvalue weighted by atomic mass is 9.94. The quantitative estimate of drug-likeness (QED) is 0.876. The van der Waals surface area contributed by atoms with Gasteiger partial charge in [-0.3, -0.25) is 9.69 Å². The molecule has 0 saturated carbocycles. The fourth-order valence-corrected chi connectivity index (χ4v) is 2.89. The minimum atomic E-state index is -0.690. The van der Waals surface area contributed by atoms with E-state index >= 15 is 0 Å². The van der Waals surface area contributed by atoms with Crippen molar-refractivity contribution < 1.29 is 15.0 Å². The van der Waals surface area contributed by atoms with Crippen LogP contribution in [-0.2, 0) is 4.79 Å². The number of phenolic OH excluding ortho intramolecular Hbond substituents is 1. The van der Waals surface area contributed by atoms with Gasteiger partial charge in [-0.2, -0.15) is 0 Å². The van der Waals surface area contributed by atoms with Gasteiger partial charge in [0, 0.05) is 12.6 Å². The zero-order valence-electron chi connectivity index (χ0n) is 11.2. The Bertz CT molecular complexity index is 430. The topological polar surface area (TPSA) is 60.8 Å². The first-order valence-corrected chi connectivity index (χ1v) is 6.87. The number of carboxylic acids is 1. The number of likely N-dealkylation sites (tertiary alicyclic amines) is 1. The molecule has 0 bridgehead atoms. The molecule has 1 aliphatic heterocycles. The Balaban J connectivity index is 2.12. The largest absolute Gasteiger partial charge is 0.508 e. The van der Waals surface area contributed by atoms with Crippen LogP contribution in [-0.4, -0.2) is 34.2 Å². The van der Waals surface area contributed by atoms with Crippen LogP contribution in [0.25, 0.3) is 0 Å². The van der Waals surface area contributed by atoms with Gasteiger partial charge in [-0.1, -0.05) is 19.1 Å². The number of phenols is 1. The number of aromatic hydroxyl groups is 1. The molecular weight excluding hydrogens is 242 g/mol. The molecule has 19 heavy (non-hydrogen) atoms. The lowest BCUT2D eigenvalue weighted by Gasteiger charge is -2.37. The number of aliphatic carboxylic acids is 1. The first-order chi connectivity index (χ1) is 9.11. The molecule has 0 aliphatic carbocycles. The highest BCUT2D eigenvalue weighted by Gasteiger charge is 2.29. The molecule has 1 saturated heterocycles. The van der Waals surface area contributed by atoms with Crippen molar-refractivity contribution >= 4 is 5.97 Å². The minimum absolute atomic E-state index is 0.239. The highest BCUT2D eigenvalue weighted by atomic mass is 16.4. The first-order valence-electron chi connectivity index (χ1n) is 6.87. The fourth-order valence-electron chi connectivity index (χ4n) is 2.89. The molecule has 1 aromatic rings. The summed E-state index contributed by atoms with van der Waals surface area (Å²) in [4.78, 5) is 13.4. The van der Waals surface area contributed by atoms with Crippen LogP contribution in [0.5, 0.6) is 5.75 Å². The molecule has 0 spiro atoms. The standard InChI is InChI=1S/C15H21NO3/c1-2-14(11-5-7-13(17)8-6-11)16-9-3-4-12(10-16)15(18)19/h5-8,12,14,17H,2-4,9-10H2,1H3,(H,18,19). The molecule has 1 fully saturated rings. The third-order valence-electron chi connectivity index (χ3n) is 3.91. The van der Waals surface area contributed by atoms with Crippen molar-refractivity contribution in [2.24, 2.45) is 5.92 Å². The summed E-state index contributed by atoms with van der Waals surface area (Å²) < 4.78 is 0. The van der Waals surface area contributed by atoms with Gasteiger partial charge in [0.15, 0.2) is 0 Å². The Hall–Kier alpha value is -1.55. The van der Waals surface area contributed by atoms with E-state index in [9.17, 15) is 9.90 Å². The maximum Gasteiger partial charge on any atom is 0.307 e. The van der Waals surface area contributed by atoms with Gasteiger partial charge in [0.05, 0.1) is 5.92 Å². The third-order valence-corrected chi connectivity index (χ3v) is 3.91. The molecule has 1 aliphatic rings. The Labute approximate surface area is 113 Å². The summed E-state index contributed by atoms with van der Waals surface area (Å²) in [5.74, 6) is -0.675. The van der Waals surface area contributed by atoms with Crippen LogP contribution in [0.3, 0.4) is 0 Å². The van der Waals surface area contributed by atoms with E-state index in [1.165, 1.54) is 0 Å². The summed E-state index contributed by atoms with van der Waals surface area (Å²) in [6.45, 7) is 3.68. The fraction of sp³-hybridized carbons (Fsp3) is 0.533. The van der Waals surface area contributed by atoms with Gasteiger partial charge in [0.1, 0.15) is 5.75 Å². The molecule has 1 aromatic carbocycles. The number of carbonyl (C=O) groups is 1. The molecule has 0 amide bonds. The summed E-state index contributed by atoms with van der Waals surface area (Å²) in [6, 6.07) is 7.47. The third kappa shape index (κ3) is 3.26. The highest BCUT2D eigenvalue weighted by Crippen LogP contribution is 2.30. The maximum atomic E-state index is 11.1. The van der Waals surface area contributed by atoms with Crippen LogP contribution in [0.4, 0.5) is 0 Å². The molecule has 2 atom stereocenters. The predicted octanol–water partition coefficient (Wildman–Crippen LogP) is 2.64. The molecule has 2 N–H and O–H groups in total. The van der Waals surface area contributed by atoms with Crippen molar-refractivity contribution in [1.29, 1.82) is 0 Å². The van der Waals surface area contributed by atoms with Crippen LogP contribution >= 0.6 is 0 Å². The second kappa shape index (κ2) is 6.06. The first kappa shape index (κ1) is 13.9. The van der Waals surface area contributed by atoms with Crippen LogP contribution < -0.4 is 0 Å². The number of carboxylic acid groups (broad SMARTS) is 1. The Morgan fingerprint density at radius 2 is 2.11 bits per heavy atom. The molecule has 2 rings (SSSR count). The van der Waals surface area contributed by atoms with Gasteiger partial charge in [-0.05, 0) is 43.5 Å². The summed E-state index contributed by atoms with van der Waals surface area (Å²) in [5, 5.41) is 18.5. The maximum absolute atomic E-state index is 11.1. The van der Waals surface area contributed by atoms with Crippen LogP contribution in [0.2, 0.25) is 0 Å².